The molecule has 7 heteroatoms. The summed E-state index contributed by atoms with van der Waals surface area (Å²) >= 11 is 0. The molecule has 0 aromatic carbocycles. The van der Waals surface area contributed by atoms with Crippen molar-refractivity contribution in [1.82, 2.24) is 14.1 Å². The highest BCUT2D eigenvalue weighted by molar-refractivity contribution is 7.89. The molecule has 2 N–H and O–H groups in total. The molecule has 0 amide bonds. The second-order valence-electron chi connectivity index (χ2n) is 5.47. The Kier molecular flexibility index (Phi) is 4.51. The van der Waals surface area contributed by atoms with Crippen LogP contribution in [-0.2, 0) is 16.6 Å². The summed E-state index contributed by atoms with van der Waals surface area (Å²) in [6.07, 6.45) is 3.81. The molecule has 2 rings (SSSR count). The molecule has 0 spiro atoms. The highest BCUT2D eigenvalue weighted by Crippen LogP contribution is 2.30. The molecule has 0 aliphatic heterocycles. The van der Waals surface area contributed by atoms with Crippen molar-refractivity contribution in [3.63, 3.8) is 0 Å². The Morgan fingerprint density at radius 2 is 2.05 bits per heavy atom. The van der Waals surface area contributed by atoms with E-state index in [-0.39, 0.29) is 6.04 Å². The van der Waals surface area contributed by atoms with Crippen LogP contribution in [-0.4, -0.2) is 42.1 Å². The normalized spacial score (nSPS) is 16.6. The van der Waals surface area contributed by atoms with Gasteiger partial charge in [-0.05, 0) is 39.7 Å². The predicted octanol–water partition coefficient (Wildman–Crippen LogP) is 1.02. The van der Waals surface area contributed by atoms with Crippen molar-refractivity contribution in [2.75, 3.05) is 13.6 Å². The number of hydrogen-bond donors (Lipinski definition) is 1. The smallest absolute Gasteiger partial charge is 0.246 e. The van der Waals surface area contributed by atoms with Crippen LogP contribution in [0.2, 0.25) is 0 Å². The van der Waals surface area contributed by atoms with Crippen LogP contribution in [0.5, 0.6) is 0 Å². The Morgan fingerprint density at radius 3 is 2.55 bits per heavy atom. The maximum atomic E-state index is 12.7. The third-order valence-corrected chi connectivity index (χ3v) is 6.28. The van der Waals surface area contributed by atoms with Gasteiger partial charge < -0.3 is 5.73 Å². The van der Waals surface area contributed by atoms with E-state index in [0.717, 1.165) is 25.7 Å². The Balaban J connectivity index is 2.33. The van der Waals surface area contributed by atoms with Crippen LogP contribution in [0.1, 0.15) is 37.1 Å². The van der Waals surface area contributed by atoms with Gasteiger partial charge in [-0.15, -0.1) is 0 Å². The van der Waals surface area contributed by atoms with Crippen LogP contribution in [0.3, 0.4) is 0 Å². The molecule has 1 aromatic heterocycles. The molecule has 1 aliphatic carbocycles. The van der Waals surface area contributed by atoms with Crippen molar-refractivity contribution < 1.29 is 8.42 Å². The lowest BCUT2D eigenvalue weighted by atomic mass is 9.94. The summed E-state index contributed by atoms with van der Waals surface area (Å²) in [4.78, 5) is 0.365. The molecule has 0 atom stereocenters. The van der Waals surface area contributed by atoms with Crippen LogP contribution < -0.4 is 5.73 Å². The van der Waals surface area contributed by atoms with Crippen molar-refractivity contribution in [1.29, 1.82) is 0 Å². The van der Waals surface area contributed by atoms with E-state index in [0.29, 0.717) is 29.4 Å². The second kappa shape index (κ2) is 5.83. The average Bonchev–Trinajstić information content (AvgIpc) is 2.59. The van der Waals surface area contributed by atoms with Crippen molar-refractivity contribution >= 4 is 10.0 Å². The summed E-state index contributed by atoms with van der Waals surface area (Å²) in [5, 5.41) is 4.35. The minimum atomic E-state index is -3.45. The number of rotatable bonds is 6. The lowest BCUT2D eigenvalue weighted by Crippen LogP contribution is -2.41. The SMILES string of the molecule is Cc1nn(CCCN)c(C)c1S(=O)(=O)N(C)C1CCC1. The van der Waals surface area contributed by atoms with Crippen LogP contribution in [0, 0.1) is 13.8 Å². The summed E-state index contributed by atoms with van der Waals surface area (Å²) in [7, 11) is -1.77. The van der Waals surface area contributed by atoms with Crippen molar-refractivity contribution in [2.24, 2.45) is 5.73 Å². The van der Waals surface area contributed by atoms with Crippen LogP contribution in [0.25, 0.3) is 0 Å². The lowest BCUT2D eigenvalue weighted by Gasteiger charge is -2.33. The summed E-state index contributed by atoms with van der Waals surface area (Å²) in [5.74, 6) is 0. The molecule has 0 unspecified atom stereocenters. The van der Waals surface area contributed by atoms with E-state index in [1.54, 1.807) is 18.7 Å². The van der Waals surface area contributed by atoms with Crippen molar-refractivity contribution in [3.05, 3.63) is 11.4 Å². The molecule has 1 heterocycles. The zero-order chi connectivity index (χ0) is 14.9. The molecule has 1 fully saturated rings. The Labute approximate surface area is 121 Å². The first kappa shape index (κ1) is 15.5. The molecule has 6 nitrogen and oxygen atoms in total. The zero-order valence-electron chi connectivity index (χ0n) is 12.5. The number of hydrogen-bond acceptors (Lipinski definition) is 4. The summed E-state index contributed by atoms with van der Waals surface area (Å²) in [6, 6.07) is 0.145. The number of aryl methyl sites for hydroxylation is 2. The second-order valence-corrected chi connectivity index (χ2v) is 7.41. The fourth-order valence-corrected chi connectivity index (χ4v) is 4.39. The van der Waals surface area contributed by atoms with Gasteiger partial charge in [0.15, 0.2) is 0 Å². The lowest BCUT2D eigenvalue weighted by molar-refractivity contribution is 0.249. The van der Waals surface area contributed by atoms with E-state index >= 15 is 0 Å². The van der Waals surface area contributed by atoms with Crippen LogP contribution >= 0.6 is 0 Å². The van der Waals surface area contributed by atoms with Gasteiger partial charge in [0.05, 0.1) is 11.4 Å². The van der Waals surface area contributed by atoms with Gasteiger partial charge in [-0.3, -0.25) is 4.68 Å². The van der Waals surface area contributed by atoms with E-state index in [9.17, 15) is 8.42 Å². The van der Waals surface area contributed by atoms with Gasteiger partial charge >= 0.3 is 0 Å². The first-order valence-electron chi connectivity index (χ1n) is 7.11. The molecule has 1 aliphatic rings. The zero-order valence-corrected chi connectivity index (χ0v) is 13.3. The van der Waals surface area contributed by atoms with E-state index in [2.05, 4.69) is 5.10 Å². The largest absolute Gasteiger partial charge is 0.330 e. The van der Waals surface area contributed by atoms with Crippen molar-refractivity contribution in [2.45, 2.75) is 57.0 Å². The number of aromatic nitrogens is 2. The van der Waals surface area contributed by atoms with Crippen molar-refractivity contribution in [3.8, 4) is 0 Å². The minimum absolute atomic E-state index is 0.145. The third-order valence-electron chi connectivity index (χ3n) is 4.12. The molecule has 0 bridgehead atoms. The highest BCUT2D eigenvalue weighted by atomic mass is 32.2. The fraction of sp³-hybridized carbons (Fsp3) is 0.769. The fourth-order valence-electron chi connectivity index (χ4n) is 2.60. The quantitative estimate of drug-likeness (QED) is 0.850. The standard InChI is InChI=1S/C13H24N4O2S/c1-10-13(11(2)17(15-10)9-5-8-14)20(18,19)16(3)12-6-4-7-12/h12H,4-9,14H2,1-3H3. The number of nitrogens with zero attached hydrogens (tertiary/aromatic N) is 3. The van der Waals surface area contributed by atoms with Gasteiger partial charge in [-0.25, -0.2) is 8.42 Å². The average molecular weight is 300 g/mol. The van der Waals surface area contributed by atoms with E-state index in [1.165, 1.54) is 4.31 Å². The maximum absolute atomic E-state index is 12.7. The van der Waals surface area contributed by atoms with E-state index in [1.807, 2.05) is 6.92 Å². The molecule has 114 valence electrons. The molecule has 20 heavy (non-hydrogen) atoms. The topological polar surface area (TPSA) is 81.2 Å². The first-order valence-corrected chi connectivity index (χ1v) is 8.55. The van der Waals surface area contributed by atoms with Gasteiger partial charge in [0.25, 0.3) is 0 Å². The summed E-state index contributed by atoms with van der Waals surface area (Å²) < 4.78 is 28.8. The third kappa shape index (κ3) is 2.62. The van der Waals surface area contributed by atoms with Crippen LogP contribution in [0.4, 0.5) is 0 Å². The number of nitrogens with two attached hydrogens (primary N) is 1. The van der Waals surface area contributed by atoms with Crippen LogP contribution in [0.15, 0.2) is 4.90 Å². The Morgan fingerprint density at radius 1 is 1.40 bits per heavy atom. The Hall–Kier alpha value is -0.920. The monoisotopic (exact) mass is 300 g/mol. The molecule has 1 saturated carbocycles. The van der Waals surface area contributed by atoms with Gasteiger partial charge in [-0.2, -0.15) is 9.40 Å². The van der Waals surface area contributed by atoms with E-state index in [4.69, 9.17) is 5.73 Å². The molecule has 0 radical (unpaired) electrons. The maximum Gasteiger partial charge on any atom is 0.246 e. The van der Waals surface area contributed by atoms with E-state index < -0.39 is 10.0 Å². The minimum Gasteiger partial charge on any atom is -0.330 e. The van der Waals surface area contributed by atoms with Gasteiger partial charge in [0.1, 0.15) is 4.90 Å². The first-order chi connectivity index (χ1) is 9.39. The molecule has 0 saturated heterocycles. The number of sulfonamides is 1. The predicted molar refractivity (Wildman–Crippen MR) is 78.0 cm³/mol. The highest BCUT2D eigenvalue weighted by Gasteiger charge is 2.35. The van der Waals surface area contributed by atoms with Gasteiger partial charge in [0.2, 0.25) is 10.0 Å². The van der Waals surface area contributed by atoms with Gasteiger partial charge in [0, 0.05) is 19.6 Å². The summed E-state index contributed by atoms with van der Waals surface area (Å²) in [5.41, 5.74) is 6.79. The summed E-state index contributed by atoms with van der Waals surface area (Å²) in [6.45, 7) is 4.81. The molecule has 1 aromatic rings. The Bertz CT molecular complexity index is 575. The molecular weight excluding hydrogens is 276 g/mol. The molecular formula is C13H24N4O2S. The van der Waals surface area contributed by atoms with Gasteiger partial charge in [-0.1, -0.05) is 6.42 Å².